The van der Waals surface area contributed by atoms with E-state index in [4.69, 9.17) is 0 Å². The number of hydrogen-bond acceptors (Lipinski definition) is 3. The van der Waals surface area contributed by atoms with Crippen molar-refractivity contribution in [3.05, 3.63) is 48.0 Å². The second kappa shape index (κ2) is 6.52. The number of carbonyl (C=O) groups excluding carboxylic acids is 1. The van der Waals surface area contributed by atoms with Crippen molar-refractivity contribution in [2.75, 3.05) is 17.4 Å². The summed E-state index contributed by atoms with van der Waals surface area (Å²) in [5.41, 5.74) is 3.10. The van der Waals surface area contributed by atoms with Crippen molar-refractivity contribution in [3.8, 4) is 11.1 Å². The highest BCUT2D eigenvalue weighted by molar-refractivity contribution is 7.93. The van der Waals surface area contributed by atoms with Gasteiger partial charge in [0.1, 0.15) is 6.54 Å². The third-order valence-electron chi connectivity index (χ3n) is 4.16. The van der Waals surface area contributed by atoms with E-state index < -0.39 is 10.0 Å². The van der Waals surface area contributed by atoms with Gasteiger partial charge in [-0.1, -0.05) is 43.7 Å². The van der Waals surface area contributed by atoms with E-state index in [-0.39, 0.29) is 17.3 Å². The Labute approximate surface area is 148 Å². The summed E-state index contributed by atoms with van der Waals surface area (Å²) < 4.78 is 27.4. The van der Waals surface area contributed by atoms with Crippen LogP contribution < -0.4 is 9.62 Å². The minimum atomic E-state index is -3.77. The zero-order chi connectivity index (χ0) is 18.2. The lowest BCUT2D eigenvalue weighted by molar-refractivity contribution is -0.119. The minimum Gasteiger partial charge on any atom is -0.354 e. The normalized spacial score (nSPS) is 14.8. The van der Waals surface area contributed by atoms with Crippen LogP contribution in [0.3, 0.4) is 0 Å². The second-order valence-electron chi connectivity index (χ2n) is 6.73. The van der Waals surface area contributed by atoms with E-state index in [1.807, 2.05) is 39.0 Å². The second-order valence-corrected chi connectivity index (χ2v) is 8.56. The number of amides is 1. The van der Waals surface area contributed by atoms with E-state index >= 15 is 0 Å². The van der Waals surface area contributed by atoms with Crippen LogP contribution in [0.2, 0.25) is 0 Å². The lowest BCUT2D eigenvalue weighted by atomic mass is 10.0. The van der Waals surface area contributed by atoms with Gasteiger partial charge in [0.2, 0.25) is 5.91 Å². The Bertz CT molecular complexity index is 920. The van der Waals surface area contributed by atoms with Crippen LogP contribution in [0.15, 0.2) is 47.4 Å². The van der Waals surface area contributed by atoms with Crippen molar-refractivity contribution in [2.24, 2.45) is 5.92 Å². The highest BCUT2D eigenvalue weighted by Gasteiger charge is 2.35. The molecule has 0 unspecified atom stereocenters. The van der Waals surface area contributed by atoms with Gasteiger partial charge in [0.05, 0.1) is 10.6 Å². The van der Waals surface area contributed by atoms with Crippen LogP contribution in [-0.4, -0.2) is 27.4 Å². The summed E-state index contributed by atoms with van der Waals surface area (Å²) in [6.45, 7) is 6.24. The molecule has 0 radical (unpaired) electrons. The smallest absolute Gasteiger partial charge is 0.265 e. The van der Waals surface area contributed by atoms with E-state index in [1.165, 1.54) is 4.31 Å². The first kappa shape index (κ1) is 17.5. The Morgan fingerprint density at radius 3 is 2.56 bits per heavy atom. The molecule has 2 aromatic carbocycles. The summed E-state index contributed by atoms with van der Waals surface area (Å²) in [4.78, 5) is 12.5. The van der Waals surface area contributed by atoms with Crippen LogP contribution in [0, 0.1) is 12.8 Å². The summed E-state index contributed by atoms with van der Waals surface area (Å²) in [6.07, 6.45) is 0. The SMILES string of the molecule is Cc1ccc2c(c1)-c1ccccc1S(=O)(=O)N2CC(=O)NCC(C)C. The van der Waals surface area contributed by atoms with Gasteiger partial charge in [-0.15, -0.1) is 0 Å². The van der Waals surface area contributed by atoms with E-state index in [0.29, 0.717) is 23.7 Å². The van der Waals surface area contributed by atoms with E-state index in [1.54, 1.807) is 24.3 Å². The molecule has 0 fully saturated rings. The number of carbonyl (C=O) groups is 1. The molecule has 1 heterocycles. The van der Waals surface area contributed by atoms with Crippen molar-refractivity contribution in [1.29, 1.82) is 0 Å². The van der Waals surface area contributed by atoms with Crippen molar-refractivity contribution in [3.63, 3.8) is 0 Å². The Morgan fingerprint density at radius 1 is 1.12 bits per heavy atom. The molecule has 3 rings (SSSR count). The number of anilines is 1. The van der Waals surface area contributed by atoms with E-state index in [9.17, 15) is 13.2 Å². The fourth-order valence-corrected chi connectivity index (χ4v) is 4.57. The van der Waals surface area contributed by atoms with Crippen molar-refractivity contribution < 1.29 is 13.2 Å². The molecule has 0 saturated carbocycles. The first-order chi connectivity index (χ1) is 11.8. The fraction of sp³-hybridized carbons (Fsp3) is 0.316. The van der Waals surface area contributed by atoms with Gasteiger partial charge in [-0.05, 0) is 31.0 Å². The molecular formula is C19H22N2O3S. The van der Waals surface area contributed by atoms with Crippen molar-refractivity contribution in [1.82, 2.24) is 5.32 Å². The minimum absolute atomic E-state index is 0.223. The quantitative estimate of drug-likeness (QED) is 0.914. The molecule has 5 nitrogen and oxygen atoms in total. The molecule has 0 bridgehead atoms. The van der Waals surface area contributed by atoms with Crippen LogP contribution in [0.5, 0.6) is 0 Å². The molecule has 6 heteroatoms. The number of benzene rings is 2. The Kier molecular flexibility index (Phi) is 4.56. The molecule has 0 aromatic heterocycles. The number of rotatable bonds is 4. The first-order valence-electron chi connectivity index (χ1n) is 8.30. The highest BCUT2D eigenvalue weighted by Crippen LogP contribution is 2.43. The van der Waals surface area contributed by atoms with Crippen LogP contribution in [0.1, 0.15) is 19.4 Å². The van der Waals surface area contributed by atoms with Gasteiger partial charge in [-0.2, -0.15) is 0 Å². The number of hydrogen-bond donors (Lipinski definition) is 1. The molecule has 1 amide bonds. The average molecular weight is 358 g/mol. The predicted octanol–water partition coefficient (Wildman–Crippen LogP) is 2.94. The molecule has 1 aliphatic heterocycles. The maximum Gasteiger partial charge on any atom is 0.265 e. The molecule has 0 atom stereocenters. The predicted molar refractivity (Wildman–Crippen MR) is 99.0 cm³/mol. The molecule has 0 saturated heterocycles. The first-order valence-corrected chi connectivity index (χ1v) is 9.74. The summed E-state index contributed by atoms with van der Waals surface area (Å²) in [6, 6.07) is 12.5. The number of sulfonamides is 1. The average Bonchev–Trinajstić information content (AvgIpc) is 2.57. The Hall–Kier alpha value is -2.34. The van der Waals surface area contributed by atoms with Gasteiger partial charge in [-0.3, -0.25) is 9.10 Å². The lowest BCUT2D eigenvalue weighted by Crippen LogP contribution is -2.43. The number of nitrogens with one attached hydrogen (secondary N) is 1. The molecule has 25 heavy (non-hydrogen) atoms. The van der Waals surface area contributed by atoms with Crippen LogP contribution >= 0.6 is 0 Å². The summed E-state index contributed by atoms with van der Waals surface area (Å²) >= 11 is 0. The van der Waals surface area contributed by atoms with Gasteiger partial charge in [-0.25, -0.2) is 8.42 Å². The summed E-state index contributed by atoms with van der Waals surface area (Å²) in [5, 5.41) is 2.79. The fourth-order valence-electron chi connectivity index (χ4n) is 2.92. The number of aryl methyl sites for hydroxylation is 1. The highest BCUT2D eigenvalue weighted by atomic mass is 32.2. The van der Waals surface area contributed by atoms with Crippen LogP contribution in [-0.2, 0) is 14.8 Å². The maximum absolute atomic E-state index is 13.1. The molecule has 2 aromatic rings. The lowest BCUT2D eigenvalue weighted by Gasteiger charge is -2.32. The molecule has 1 N–H and O–H groups in total. The molecule has 132 valence electrons. The third kappa shape index (κ3) is 3.26. The van der Waals surface area contributed by atoms with Crippen LogP contribution in [0.4, 0.5) is 5.69 Å². The number of nitrogens with zero attached hydrogens (tertiary/aromatic N) is 1. The maximum atomic E-state index is 13.1. The van der Waals surface area contributed by atoms with Crippen molar-refractivity contribution >= 4 is 21.6 Å². The summed E-state index contributed by atoms with van der Waals surface area (Å²) in [5.74, 6) is 0.000700. The van der Waals surface area contributed by atoms with E-state index in [0.717, 1.165) is 11.1 Å². The largest absolute Gasteiger partial charge is 0.354 e. The van der Waals surface area contributed by atoms with Gasteiger partial charge in [0.15, 0.2) is 0 Å². The van der Waals surface area contributed by atoms with Crippen molar-refractivity contribution in [2.45, 2.75) is 25.7 Å². The van der Waals surface area contributed by atoms with Crippen LogP contribution in [0.25, 0.3) is 11.1 Å². The number of fused-ring (bicyclic) bond motifs is 3. The van der Waals surface area contributed by atoms with E-state index in [2.05, 4.69) is 5.32 Å². The Morgan fingerprint density at radius 2 is 1.84 bits per heavy atom. The van der Waals surface area contributed by atoms with Gasteiger partial charge in [0.25, 0.3) is 10.0 Å². The third-order valence-corrected chi connectivity index (χ3v) is 5.98. The summed E-state index contributed by atoms with van der Waals surface area (Å²) in [7, 11) is -3.77. The zero-order valence-corrected chi connectivity index (χ0v) is 15.4. The monoisotopic (exact) mass is 358 g/mol. The van der Waals surface area contributed by atoms with Gasteiger partial charge < -0.3 is 5.32 Å². The zero-order valence-electron chi connectivity index (χ0n) is 14.6. The van der Waals surface area contributed by atoms with Gasteiger partial charge in [0, 0.05) is 17.7 Å². The molecule has 0 aliphatic carbocycles. The molecule has 0 spiro atoms. The topological polar surface area (TPSA) is 66.5 Å². The molecular weight excluding hydrogens is 336 g/mol. The molecule has 1 aliphatic rings. The Balaban J connectivity index is 2.06. The van der Waals surface area contributed by atoms with Gasteiger partial charge >= 0.3 is 0 Å². The standard InChI is InChI=1S/C19H22N2O3S/c1-13(2)11-20-19(22)12-21-17-9-8-14(3)10-16(17)15-6-4-5-7-18(15)25(21,23)24/h4-10,13H,11-12H2,1-3H3,(H,20,22).